The van der Waals surface area contributed by atoms with E-state index >= 15 is 0 Å². The summed E-state index contributed by atoms with van der Waals surface area (Å²) in [6.45, 7) is 1.98. The molecule has 0 radical (unpaired) electrons. The molecule has 0 aliphatic heterocycles. The Kier molecular flexibility index (Phi) is 3.27. The van der Waals surface area contributed by atoms with Gasteiger partial charge < -0.3 is 5.73 Å². The number of nitrogens with zero attached hydrogens (tertiary/aromatic N) is 1. The van der Waals surface area contributed by atoms with Crippen LogP contribution in [0.25, 0.3) is 11.3 Å². The number of halogens is 1. The summed E-state index contributed by atoms with van der Waals surface area (Å²) in [5, 5.41) is 7.96. The first-order valence-corrected chi connectivity index (χ1v) is 5.59. The topological polar surface area (TPSA) is 54.7 Å². The molecule has 16 heavy (non-hydrogen) atoms. The first-order valence-electron chi connectivity index (χ1n) is 5.21. The third-order valence-corrected chi connectivity index (χ3v) is 2.56. The van der Waals surface area contributed by atoms with Gasteiger partial charge in [-0.1, -0.05) is 23.7 Å². The third-order valence-electron chi connectivity index (χ3n) is 2.31. The van der Waals surface area contributed by atoms with Gasteiger partial charge in [0.1, 0.15) is 0 Å². The van der Waals surface area contributed by atoms with Gasteiger partial charge in [-0.15, -0.1) is 0 Å². The van der Waals surface area contributed by atoms with Gasteiger partial charge in [-0.25, -0.2) is 0 Å². The van der Waals surface area contributed by atoms with Crippen molar-refractivity contribution in [2.75, 3.05) is 0 Å². The van der Waals surface area contributed by atoms with Crippen LogP contribution in [-0.4, -0.2) is 16.2 Å². The summed E-state index contributed by atoms with van der Waals surface area (Å²) in [4.78, 5) is 0. The summed E-state index contributed by atoms with van der Waals surface area (Å²) in [6, 6.07) is 9.78. The normalized spacial score (nSPS) is 12.7. The molecule has 0 saturated heterocycles. The van der Waals surface area contributed by atoms with Crippen molar-refractivity contribution >= 4 is 11.6 Å². The second-order valence-electron chi connectivity index (χ2n) is 3.97. The number of H-pyrrole nitrogens is 1. The molecule has 4 heteroatoms. The van der Waals surface area contributed by atoms with Crippen molar-refractivity contribution in [3.05, 3.63) is 41.0 Å². The fourth-order valence-corrected chi connectivity index (χ4v) is 1.71. The average Bonchev–Trinajstić information content (AvgIpc) is 2.66. The molecule has 0 fully saturated rings. The van der Waals surface area contributed by atoms with Gasteiger partial charge in [0.25, 0.3) is 0 Å². The Bertz CT molecular complexity index is 459. The zero-order valence-corrected chi connectivity index (χ0v) is 9.83. The zero-order valence-electron chi connectivity index (χ0n) is 9.07. The maximum Gasteiger partial charge on any atom is 0.0923 e. The molecule has 2 aromatic rings. The van der Waals surface area contributed by atoms with Crippen LogP contribution >= 0.6 is 11.6 Å². The van der Waals surface area contributed by atoms with E-state index in [0.29, 0.717) is 0 Å². The quantitative estimate of drug-likeness (QED) is 0.859. The molecule has 0 aliphatic rings. The molecule has 2 rings (SSSR count). The number of aromatic amines is 1. The van der Waals surface area contributed by atoms with Crippen molar-refractivity contribution in [2.24, 2.45) is 5.73 Å². The number of hydrogen-bond acceptors (Lipinski definition) is 2. The fraction of sp³-hybridized carbons (Fsp3) is 0.250. The molecule has 0 amide bonds. The Morgan fingerprint density at radius 2 is 2.06 bits per heavy atom. The highest BCUT2D eigenvalue weighted by Crippen LogP contribution is 2.20. The van der Waals surface area contributed by atoms with E-state index in [1.807, 2.05) is 37.3 Å². The molecule has 0 bridgehead atoms. The predicted molar refractivity (Wildman–Crippen MR) is 66.4 cm³/mol. The number of hydrogen-bond donors (Lipinski definition) is 2. The Balaban J connectivity index is 2.21. The first kappa shape index (κ1) is 11.2. The predicted octanol–water partition coefficient (Wildman–Crippen LogP) is 2.62. The van der Waals surface area contributed by atoms with E-state index in [1.54, 1.807) is 0 Å². The molecule has 1 atom stereocenters. The summed E-state index contributed by atoms with van der Waals surface area (Å²) < 4.78 is 0. The van der Waals surface area contributed by atoms with Gasteiger partial charge in [0, 0.05) is 28.7 Å². The molecule has 3 nitrogen and oxygen atoms in total. The van der Waals surface area contributed by atoms with Crippen molar-refractivity contribution in [1.29, 1.82) is 0 Å². The summed E-state index contributed by atoms with van der Waals surface area (Å²) in [5.74, 6) is 0. The monoisotopic (exact) mass is 235 g/mol. The van der Waals surface area contributed by atoms with Crippen molar-refractivity contribution in [3.8, 4) is 11.3 Å². The Morgan fingerprint density at radius 1 is 1.38 bits per heavy atom. The summed E-state index contributed by atoms with van der Waals surface area (Å²) in [5.41, 5.74) is 8.76. The molecular formula is C12H14ClN3. The highest BCUT2D eigenvalue weighted by molar-refractivity contribution is 6.30. The molecule has 0 aliphatic carbocycles. The van der Waals surface area contributed by atoms with Crippen molar-refractivity contribution in [2.45, 2.75) is 19.4 Å². The summed E-state index contributed by atoms with van der Waals surface area (Å²) in [7, 11) is 0. The second kappa shape index (κ2) is 4.68. The summed E-state index contributed by atoms with van der Waals surface area (Å²) >= 11 is 5.83. The van der Waals surface area contributed by atoms with Crippen LogP contribution in [-0.2, 0) is 6.42 Å². The van der Waals surface area contributed by atoms with E-state index in [1.165, 1.54) is 0 Å². The lowest BCUT2D eigenvalue weighted by molar-refractivity contribution is 0.719. The minimum absolute atomic E-state index is 0.138. The lowest BCUT2D eigenvalue weighted by Gasteiger charge is -1.99. The number of nitrogens with one attached hydrogen (secondary N) is 1. The van der Waals surface area contributed by atoms with Crippen molar-refractivity contribution < 1.29 is 0 Å². The molecule has 84 valence electrons. The molecule has 1 unspecified atom stereocenters. The van der Waals surface area contributed by atoms with Crippen molar-refractivity contribution in [1.82, 2.24) is 10.2 Å². The Morgan fingerprint density at radius 3 is 2.69 bits per heavy atom. The van der Waals surface area contributed by atoms with Crippen molar-refractivity contribution in [3.63, 3.8) is 0 Å². The Labute approximate surface area is 99.6 Å². The smallest absolute Gasteiger partial charge is 0.0923 e. The van der Waals surface area contributed by atoms with Crippen LogP contribution in [0.2, 0.25) is 5.02 Å². The van der Waals surface area contributed by atoms with Crippen LogP contribution < -0.4 is 5.73 Å². The lowest BCUT2D eigenvalue weighted by Crippen LogP contribution is -2.17. The van der Waals surface area contributed by atoms with E-state index < -0.39 is 0 Å². The maximum atomic E-state index is 5.83. The van der Waals surface area contributed by atoms with Gasteiger partial charge in [-0.2, -0.15) is 5.10 Å². The third kappa shape index (κ3) is 2.62. The van der Waals surface area contributed by atoms with Crippen LogP contribution in [0.1, 0.15) is 12.6 Å². The molecule has 1 aromatic heterocycles. The minimum atomic E-state index is 0.138. The largest absolute Gasteiger partial charge is 0.328 e. The standard InChI is InChI=1S/C12H14ClN3/c1-8(14)6-11-7-12(16-15-11)9-2-4-10(13)5-3-9/h2-5,7-8H,6,14H2,1H3,(H,15,16). The highest BCUT2D eigenvalue weighted by Gasteiger charge is 2.05. The van der Waals surface area contributed by atoms with E-state index in [9.17, 15) is 0 Å². The van der Waals surface area contributed by atoms with Crippen LogP contribution in [0.3, 0.4) is 0 Å². The van der Waals surface area contributed by atoms with Crippen LogP contribution in [0.4, 0.5) is 0 Å². The van der Waals surface area contributed by atoms with Gasteiger partial charge in [-0.05, 0) is 25.1 Å². The number of aromatic nitrogens is 2. The second-order valence-corrected chi connectivity index (χ2v) is 4.40. The number of rotatable bonds is 3. The van der Waals surface area contributed by atoms with Crippen LogP contribution in [0.15, 0.2) is 30.3 Å². The molecule has 3 N–H and O–H groups in total. The van der Waals surface area contributed by atoms with Gasteiger partial charge in [0.15, 0.2) is 0 Å². The Hall–Kier alpha value is -1.32. The highest BCUT2D eigenvalue weighted by atomic mass is 35.5. The minimum Gasteiger partial charge on any atom is -0.328 e. The zero-order chi connectivity index (χ0) is 11.5. The van der Waals surface area contributed by atoms with Gasteiger partial charge in [0.05, 0.1) is 5.69 Å². The molecule has 0 saturated carbocycles. The summed E-state index contributed by atoms with van der Waals surface area (Å²) in [6.07, 6.45) is 0.806. The molecule has 1 heterocycles. The molecular weight excluding hydrogens is 222 g/mol. The van der Waals surface area contributed by atoms with Gasteiger partial charge in [-0.3, -0.25) is 5.10 Å². The number of nitrogens with two attached hydrogens (primary N) is 1. The molecule has 1 aromatic carbocycles. The van der Waals surface area contributed by atoms with Crippen LogP contribution in [0.5, 0.6) is 0 Å². The van der Waals surface area contributed by atoms with E-state index in [-0.39, 0.29) is 6.04 Å². The van der Waals surface area contributed by atoms with E-state index in [2.05, 4.69) is 10.2 Å². The van der Waals surface area contributed by atoms with E-state index in [4.69, 9.17) is 17.3 Å². The maximum absolute atomic E-state index is 5.83. The first-order chi connectivity index (χ1) is 7.65. The fourth-order valence-electron chi connectivity index (χ4n) is 1.58. The number of benzene rings is 1. The van der Waals surface area contributed by atoms with Gasteiger partial charge in [0.2, 0.25) is 0 Å². The SMILES string of the molecule is CC(N)Cc1cc(-c2ccc(Cl)cc2)n[nH]1. The molecule has 0 spiro atoms. The lowest BCUT2D eigenvalue weighted by atomic mass is 10.1. The van der Waals surface area contributed by atoms with Crippen LogP contribution in [0, 0.1) is 0 Å². The van der Waals surface area contributed by atoms with Gasteiger partial charge >= 0.3 is 0 Å². The average molecular weight is 236 g/mol. The van der Waals surface area contributed by atoms with E-state index in [0.717, 1.165) is 28.4 Å².